The van der Waals surface area contributed by atoms with Gasteiger partial charge in [0.15, 0.2) is 0 Å². The minimum Gasteiger partial charge on any atom is -0.310 e. The van der Waals surface area contributed by atoms with Crippen molar-refractivity contribution in [1.29, 1.82) is 0 Å². The maximum absolute atomic E-state index is 2.48. The number of para-hydroxylation sites is 1. The molecule has 12 rings (SSSR count). The number of rotatable bonds is 3. The highest BCUT2D eigenvalue weighted by molar-refractivity contribution is 6.07. The van der Waals surface area contributed by atoms with Gasteiger partial charge in [0.05, 0.1) is 5.41 Å². The van der Waals surface area contributed by atoms with E-state index in [1.54, 1.807) is 0 Å². The summed E-state index contributed by atoms with van der Waals surface area (Å²) in [6.45, 7) is 4.72. The minimum atomic E-state index is -0.428. The summed E-state index contributed by atoms with van der Waals surface area (Å²) in [6.07, 6.45) is 0. The van der Waals surface area contributed by atoms with E-state index in [0.29, 0.717) is 0 Å². The Kier molecular flexibility index (Phi) is 6.11. The molecule has 0 heterocycles. The van der Waals surface area contributed by atoms with Gasteiger partial charge in [-0.25, -0.2) is 0 Å². The van der Waals surface area contributed by atoms with Crippen molar-refractivity contribution in [2.75, 3.05) is 4.90 Å². The Labute approximate surface area is 321 Å². The zero-order valence-corrected chi connectivity index (χ0v) is 30.8. The maximum atomic E-state index is 2.48. The third kappa shape index (κ3) is 3.97. The van der Waals surface area contributed by atoms with E-state index in [9.17, 15) is 0 Å². The van der Waals surface area contributed by atoms with E-state index in [1.165, 1.54) is 94.0 Å². The monoisotopic (exact) mass is 699 g/mol. The average molecular weight is 700 g/mol. The number of hydrogen-bond acceptors (Lipinski definition) is 1. The first-order valence-corrected chi connectivity index (χ1v) is 19.4. The third-order valence-electron chi connectivity index (χ3n) is 13.0. The van der Waals surface area contributed by atoms with E-state index in [-0.39, 0.29) is 5.41 Å². The lowest BCUT2D eigenvalue weighted by Crippen LogP contribution is -2.26. The van der Waals surface area contributed by atoms with Crippen molar-refractivity contribution in [2.24, 2.45) is 0 Å². The molecule has 3 aliphatic carbocycles. The summed E-state index contributed by atoms with van der Waals surface area (Å²) in [5, 5.41) is 5.09. The van der Waals surface area contributed by atoms with Crippen molar-refractivity contribution in [1.82, 2.24) is 0 Å². The topological polar surface area (TPSA) is 3.24 Å². The molecule has 258 valence electrons. The van der Waals surface area contributed by atoms with Gasteiger partial charge in [-0.05, 0) is 137 Å². The van der Waals surface area contributed by atoms with Crippen LogP contribution in [0.1, 0.15) is 47.2 Å². The summed E-state index contributed by atoms with van der Waals surface area (Å²) in [6, 6.07) is 70.7. The Bertz CT molecular complexity index is 3030. The molecule has 0 N–H and O–H groups in total. The number of hydrogen-bond donors (Lipinski definition) is 0. The van der Waals surface area contributed by atoms with E-state index in [0.717, 1.165) is 11.4 Å². The Morgan fingerprint density at radius 3 is 1.60 bits per heavy atom. The average Bonchev–Trinajstić information content (AvgIpc) is 3.78. The lowest BCUT2D eigenvalue weighted by Gasteiger charge is -2.32. The first kappa shape index (κ1) is 30.7. The molecular weight excluding hydrogens is 663 g/mol. The molecule has 1 nitrogen and oxygen atoms in total. The molecule has 0 unspecified atom stereocenters. The molecule has 0 radical (unpaired) electrons. The fourth-order valence-electron chi connectivity index (χ4n) is 10.6. The van der Waals surface area contributed by atoms with Crippen LogP contribution in [-0.2, 0) is 10.8 Å². The highest BCUT2D eigenvalue weighted by atomic mass is 15.1. The van der Waals surface area contributed by atoms with E-state index >= 15 is 0 Å². The van der Waals surface area contributed by atoms with Crippen LogP contribution in [0.25, 0.3) is 54.9 Å². The second-order valence-corrected chi connectivity index (χ2v) is 16.1. The molecule has 0 amide bonds. The molecule has 9 aromatic rings. The van der Waals surface area contributed by atoms with Gasteiger partial charge in [0, 0.05) is 22.5 Å². The van der Waals surface area contributed by atoms with Crippen molar-refractivity contribution in [3.8, 4) is 33.4 Å². The van der Waals surface area contributed by atoms with Gasteiger partial charge in [-0.15, -0.1) is 0 Å². The van der Waals surface area contributed by atoms with Crippen molar-refractivity contribution in [3.63, 3.8) is 0 Å². The van der Waals surface area contributed by atoms with Crippen LogP contribution in [0.3, 0.4) is 0 Å². The lowest BCUT2D eigenvalue weighted by atomic mass is 9.69. The van der Waals surface area contributed by atoms with Gasteiger partial charge in [-0.3, -0.25) is 0 Å². The summed E-state index contributed by atoms with van der Waals surface area (Å²) in [7, 11) is 0. The molecule has 9 aromatic carbocycles. The van der Waals surface area contributed by atoms with Gasteiger partial charge in [0.1, 0.15) is 0 Å². The number of nitrogens with zero attached hydrogens (tertiary/aromatic N) is 1. The van der Waals surface area contributed by atoms with E-state index in [4.69, 9.17) is 0 Å². The van der Waals surface area contributed by atoms with Crippen LogP contribution in [0.4, 0.5) is 17.1 Å². The number of benzene rings is 9. The molecule has 0 fully saturated rings. The van der Waals surface area contributed by atoms with Crippen molar-refractivity contribution in [2.45, 2.75) is 24.7 Å². The zero-order valence-electron chi connectivity index (χ0n) is 30.8. The SMILES string of the molecule is CC1(C)c2ccccc2-c2ccc(N(c3ccccc3)c3ccc4c5c(ccc4c3)-c3cc4ccccc4cc3C53c4ccccc4-c4ccccc43)cc21. The maximum Gasteiger partial charge on any atom is 0.0731 e. The lowest BCUT2D eigenvalue weighted by molar-refractivity contribution is 0.660. The third-order valence-corrected chi connectivity index (χ3v) is 13.0. The fourth-order valence-corrected chi connectivity index (χ4v) is 10.6. The van der Waals surface area contributed by atoms with Gasteiger partial charge >= 0.3 is 0 Å². The highest BCUT2D eigenvalue weighted by Gasteiger charge is 2.52. The first-order valence-electron chi connectivity index (χ1n) is 19.4. The second-order valence-electron chi connectivity index (χ2n) is 16.1. The first-order chi connectivity index (χ1) is 27.0. The molecule has 0 bridgehead atoms. The van der Waals surface area contributed by atoms with Crippen molar-refractivity contribution in [3.05, 3.63) is 221 Å². The number of fused-ring (bicyclic) bond motifs is 16. The molecule has 0 saturated heterocycles. The van der Waals surface area contributed by atoms with E-state index < -0.39 is 5.41 Å². The van der Waals surface area contributed by atoms with Crippen molar-refractivity contribution >= 4 is 38.6 Å². The second kappa shape index (κ2) is 10.9. The standard InChI is InChI=1S/C54H37N/c1-53(2)47-21-11-8-18-41(47)44-29-26-39(33-50(44)53)55(37-16-4-3-5-17-37)38-25-28-40-36(30-38)24-27-45-46-31-34-14-6-7-15-35(34)32-51(46)54(52(40)45)48-22-12-9-19-42(48)43-20-10-13-23-49(43)54/h3-33H,1-2H3. The normalized spacial score (nSPS) is 14.7. The molecule has 0 aromatic heterocycles. The van der Waals surface area contributed by atoms with Crippen LogP contribution >= 0.6 is 0 Å². The molecule has 0 aliphatic heterocycles. The predicted molar refractivity (Wildman–Crippen MR) is 230 cm³/mol. The number of anilines is 3. The Hall–Kier alpha value is -6.70. The summed E-state index contributed by atoms with van der Waals surface area (Å²) in [4.78, 5) is 2.43. The molecule has 1 spiro atoms. The van der Waals surface area contributed by atoms with E-state index in [2.05, 4.69) is 207 Å². The van der Waals surface area contributed by atoms with Crippen LogP contribution in [0, 0.1) is 0 Å². The molecule has 0 atom stereocenters. The summed E-state index contributed by atoms with van der Waals surface area (Å²) >= 11 is 0. The Morgan fingerprint density at radius 1 is 0.327 bits per heavy atom. The quantitative estimate of drug-likeness (QED) is 0.177. The van der Waals surface area contributed by atoms with Crippen molar-refractivity contribution < 1.29 is 0 Å². The molecule has 3 aliphatic rings. The van der Waals surface area contributed by atoms with Gasteiger partial charge < -0.3 is 4.90 Å². The Morgan fingerprint density at radius 2 is 0.873 bits per heavy atom. The van der Waals surface area contributed by atoms with Gasteiger partial charge in [0.25, 0.3) is 0 Å². The molecular formula is C54H37N. The van der Waals surface area contributed by atoms with Crippen LogP contribution in [-0.4, -0.2) is 0 Å². The smallest absolute Gasteiger partial charge is 0.0731 e. The van der Waals surface area contributed by atoms with Gasteiger partial charge in [-0.2, -0.15) is 0 Å². The highest BCUT2D eigenvalue weighted by Crippen LogP contribution is 2.64. The van der Waals surface area contributed by atoms with Crippen LogP contribution < -0.4 is 4.90 Å². The van der Waals surface area contributed by atoms with Crippen LogP contribution in [0.5, 0.6) is 0 Å². The van der Waals surface area contributed by atoms with E-state index in [1.807, 2.05) is 0 Å². The molecule has 0 saturated carbocycles. The largest absolute Gasteiger partial charge is 0.310 e. The zero-order chi connectivity index (χ0) is 36.5. The summed E-state index contributed by atoms with van der Waals surface area (Å²) < 4.78 is 0. The Balaban J connectivity index is 1.11. The van der Waals surface area contributed by atoms with Gasteiger partial charge in [0.2, 0.25) is 0 Å². The fraction of sp³-hybridized carbons (Fsp3) is 0.0741. The molecule has 1 heteroatoms. The van der Waals surface area contributed by atoms with Crippen LogP contribution in [0.2, 0.25) is 0 Å². The van der Waals surface area contributed by atoms with Crippen LogP contribution in [0.15, 0.2) is 188 Å². The summed E-state index contributed by atoms with van der Waals surface area (Å²) in [5.74, 6) is 0. The minimum absolute atomic E-state index is 0.0871. The van der Waals surface area contributed by atoms with Gasteiger partial charge in [-0.1, -0.05) is 153 Å². The molecule has 55 heavy (non-hydrogen) atoms. The summed E-state index contributed by atoms with van der Waals surface area (Å²) in [5.41, 5.74) is 19.2. The predicted octanol–water partition coefficient (Wildman–Crippen LogP) is 14.1.